The van der Waals surface area contributed by atoms with E-state index in [-0.39, 0.29) is 18.5 Å². The number of aryl methyl sites for hydroxylation is 1. The van der Waals surface area contributed by atoms with Crippen LogP contribution in [0.1, 0.15) is 40.2 Å². The molecule has 3 rings (SSSR count). The van der Waals surface area contributed by atoms with Crippen LogP contribution in [0.3, 0.4) is 0 Å². The third-order valence-corrected chi connectivity index (χ3v) is 5.47. The summed E-state index contributed by atoms with van der Waals surface area (Å²) in [7, 11) is 3.11. The van der Waals surface area contributed by atoms with Crippen molar-refractivity contribution in [3.8, 4) is 11.5 Å². The summed E-state index contributed by atoms with van der Waals surface area (Å²) >= 11 is 0. The standard InChI is InChI=1S/C24H29NO6/c1-16-12-21(17(2)25(16)14-20-6-5-11-30-20)22(26)15-31-24(27)10-7-18-13-19(28-3)8-9-23(18)29-4/h7-10,12-13,20H,5-6,11,14-15H2,1-4H3/b10-7+. The van der Waals surface area contributed by atoms with Crippen LogP contribution in [0.2, 0.25) is 0 Å². The maximum absolute atomic E-state index is 12.6. The van der Waals surface area contributed by atoms with Crippen LogP contribution < -0.4 is 9.47 Å². The van der Waals surface area contributed by atoms with Crippen molar-refractivity contribution in [1.29, 1.82) is 0 Å². The van der Waals surface area contributed by atoms with Crippen molar-refractivity contribution in [2.75, 3.05) is 27.4 Å². The van der Waals surface area contributed by atoms with E-state index >= 15 is 0 Å². The van der Waals surface area contributed by atoms with Gasteiger partial charge in [0.2, 0.25) is 5.78 Å². The number of aromatic nitrogens is 1. The van der Waals surface area contributed by atoms with E-state index in [0.717, 1.165) is 37.4 Å². The fourth-order valence-corrected chi connectivity index (χ4v) is 3.75. The molecule has 2 heterocycles. The van der Waals surface area contributed by atoms with Crippen LogP contribution in [0.4, 0.5) is 0 Å². The van der Waals surface area contributed by atoms with E-state index in [9.17, 15) is 9.59 Å². The van der Waals surface area contributed by atoms with E-state index in [4.69, 9.17) is 18.9 Å². The minimum Gasteiger partial charge on any atom is -0.497 e. The van der Waals surface area contributed by atoms with E-state index in [2.05, 4.69) is 4.57 Å². The molecule has 1 aliphatic heterocycles. The van der Waals surface area contributed by atoms with E-state index in [0.29, 0.717) is 22.6 Å². The lowest BCUT2D eigenvalue weighted by atomic mass is 10.1. The van der Waals surface area contributed by atoms with Crippen molar-refractivity contribution in [2.24, 2.45) is 0 Å². The molecule has 1 fully saturated rings. The van der Waals surface area contributed by atoms with Crippen molar-refractivity contribution < 1.29 is 28.5 Å². The van der Waals surface area contributed by atoms with Gasteiger partial charge in [0.25, 0.3) is 0 Å². The first-order valence-electron chi connectivity index (χ1n) is 10.3. The van der Waals surface area contributed by atoms with Crippen molar-refractivity contribution in [3.63, 3.8) is 0 Å². The number of hydrogen-bond acceptors (Lipinski definition) is 6. The number of nitrogens with zero attached hydrogens (tertiary/aromatic N) is 1. The van der Waals surface area contributed by atoms with Gasteiger partial charge >= 0.3 is 5.97 Å². The minimum atomic E-state index is -0.605. The lowest BCUT2D eigenvalue weighted by Crippen LogP contribution is -2.18. The highest BCUT2D eigenvalue weighted by Crippen LogP contribution is 2.25. The van der Waals surface area contributed by atoms with Gasteiger partial charge < -0.3 is 23.5 Å². The van der Waals surface area contributed by atoms with Crippen molar-refractivity contribution in [2.45, 2.75) is 39.3 Å². The number of benzene rings is 1. The average molecular weight is 427 g/mol. The molecule has 31 heavy (non-hydrogen) atoms. The quantitative estimate of drug-likeness (QED) is 0.345. The van der Waals surface area contributed by atoms with Gasteiger partial charge in [0, 0.05) is 41.7 Å². The smallest absolute Gasteiger partial charge is 0.331 e. The molecule has 0 radical (unpaired) electrons. The Bertz CT molecular complexity index is 969. The second-order valence-corrected chi connectivity index (χ2v) is 7.50. The zero-order valence-corrected chi connectivity index (χ0v) is 18.5. The van der Waals surface area contributed by atoms with E-state index in [1.165, 1.54) is 6.08 Å². The van der Waals surface area contributed by atoms with E-state index < -0.39 is 5.97 Å². The topological polar surface area (TPSA) is 76.0 Å². The predicted octanol–water partition coefficient (Wildman–Crippen LogP) is 3.74. The molecule has 1 aliphatic rings. The molecular weight excluding hydrogens is 398 g/mol. The number of ketones is 1. The van der Waals surface area contributed by atoms with Gasteiger partial charge in [0.1, 0.15) is 11.5 Å². The number of Topliss-reactive ketones (excluding diaryl/α,β-unsaturated/α-hetero) is 1. The second-order valence-electron chi connectivity index (χ2n) is 7.50. The Kier molecular flexibility index (Phi) is 7.52. The molecule has 7 nitrogen and oxygen atoms in total. The lowest BCUT2D eigenvalue weighted by molar-refractivity contribution is -0.136. The largest absolute Gasteiger partial charge is 0.497 e. The fourth-order valence-electron chi connectivity index (χ4n) is 3.75. The number of esters is 1. The normalized spacial score (nSPS) is 15.9. The van der Waals surface area contributed by atoms with Gasteiger partial charge in [-0.3, -0.25) is 4.79 Å². The van der Waals surface area contributed by atoms with Gasteiger partial charge in [-0.25, -0.2) is 4.79 Å². The molecule has 1 aromatic heterocycles. The number of rotatable bonds is 9. The number of carbonyl (C=O) groups excluding carboxylic acids is 2. The summed E-state index contributed by atoms with van der Waals surface area (Å²) in [5.74, 6) is 0.403. The summed E-state index contributed by atoms with van der Waals surface area (Å²) < 4.78 is 23.5. The number of ether oxygens (including phenoxy) is 4. The Morgan fingerprint density at radius 1 is 1.19 bits per heavy atom. The Labute approximate surface area is 182 Å². The molecule has 1 unspecified atom stereocenters. The SMILES string of the molecule is COc1ccc(OC)c(/C=C/C(=O)OCC(=O)c2cc(C)n(CC3CCCO3)c2C)c1. The summed E-state index contributed by atoms with van der Waals surface area (Å²) in [4.78, 5) is 24.8. The first-order chi connectivity index (χ1) is 14.9. The van der Waals surface area contributed by atoms with Gasteiger partial charge in [0.15, 0.2) is 6.61 Å². The molecular formula is C24H29NO6. The molecule has 1 aromatic carbocycles. The molecule has 1 atom stereocenters. The third kappa shape index (κ3) is 5.55. The van der Waals surface area contributed by atoms with Gasteiger partial charge in [-0.05, 0) is 57.0 Å². The summed E-state index contributed by atoms with van der Waals surface area (Å²) in [6.45, 7) is 5.08. The van der Waals surface area contributed by atoms with Gasteiger partial charge in [0.05, 0.1) is 20.3 Å². The highest BCUT2D eigenvalue weighted by molar-refractivity contribution is 6.00. The van der Waals surface area contributed by atoms with E-state index in [1.807, 2.05) is 19.9 Å². The number of carbonyl (C=O) groups is 2. The van der Waals surface area contributed by atoms with Crippen LogP contribution in [0.25, 0.3) is 6.08 Å². The van der Waals surface area contributed by atoms with Crippen molar-refractivity contribution in [3.05, 3.63) is 52.9 Å². The molecule has 0 N–H and O–H groups in total. The fraction of sp³-hybridized carbons (Fsp3) is 0.417. The monoisotopic (exact) mass is 427 g/mol. The molecule has 0 saturated carbocycles. The van der Waals surface area contributed by atoms with Crippen LogP contribution in [-0.2, 0) is 20.8 Å². The molecule has 166 valence electrons. The number of methoxy groups -OCH3 is 2. The summed E-state index contributed by atoms with van der Waals surface area (Å²) in [6, 6.07) is 7.11. The highest BCUT2D eigenvalue weighted by Gasteiger charge is 2.21. The van der Waals surface area contributed by atoms with Crippen LogP contribution in [0.15, 0.2) is 30.3 Å². The average Bonchev–Trinajstić information content (AvgIpc) is 3.39. The molecule has 0 amide bonds. The Morgan fingerprint density at radius 2 is 2.00 bits per heavy atom. The van der Waals surface area contributed by atoms with Crippen molar-refractivity contribution in [1.82, 2.24) is 4.57 Å². The maximum Gasteiger partial charge on any atom is 0.331 e. The van der Waals surface area contributed by atoms with Gasteiger partial charge in [-0.1, -0.05) is 0 Å². The zero-order chi connectivity index (χ0) is 22.4. The predicted molar refractivity (Wildman–Crippen MR) is 117 cm³/mol. The second kappa shape index (κ2) is 10.3. The molecule has 7 heteroatoms. The van der Waals surface area contributed by atoms with Gasteiger partial charge in [-0.2, -0.15) is 0 Å². The van der Waals surface area contributed by atoms with Crippen molar-refractivity contribution >= 4 is 17.8 Å². The third-order valence-electron chi connectivity index (χ3n) is 5.47. The molecule has 0 aliphatic carbocycles. The Morgan fingerprint density at radius 3 is 2.68 bits per heavy atom. The van der Waals surface area contributed by atoms with Crippen LogP contribution in [-0.4, -0.2) is 49.9 Å². The van der Waals surface area contributed by atoms with Crippen LogP contribution in [0, 0.1) is 13.8 Å². The summed E-state index contributed by atoms with van der Waals surface area (Å²) in [6.07, 6.45) is 5.13. The molecule has 2 aromatic rings. The molecule has 1 saturated heterocycles. The van der Waals surface area contributed by atoms with E-state index in [1.54, 1.807) is 38.5 Å². The first kappa shape index (κ1) is 22.6. The van der Waals surface area contributed by atoms with Crippen LogP contribution in [0.5, 0.6) is 11.5 Å². The Balaban J connectivity index is 1.60. The lowest BCUT2D eigenvalue weighted by Gasteiger charge is -2.14. The zero-order valence-electron chi connectivity index (χ0n) is 18.5. The molecule has 0 spiro atoms. The maximum atomic E-state index is 12.6. The van der Waals surface area contributed by atoms with Gasteiger partial charge in [-0.15, -0.1) is 0 Å². The van der Waals surface area contributed by atoms with Crippen LogP contribution >= 0.6 is 0 Å². The first-order valence-corrected chi connectivity index (χ1v) is 10.3. The highest BCUT2D eigenvalue weighted by atomic mass is 16.5. The molecule has 0 bridgehead atoms. The minimum absolute atomic E-state index is 0.185. The Hall–Kier alpha value is -3.06. The number of hydrogen-bond donors (Lipinski definition) is 0. The summed E-state index contributed by atoms with van der Waals surface area (Å²) in [5.41, 5.74) is 3.10. The summed E-state index contributed by atoms with van der Waals surface area (Å²) in [5, 5.41) is 0.